The van der Waals surface area contributed by atoms with E-state index in [-0.39, 0.29) is 0 Å². The fourth-order valence-electron chi connectivity index (χ4n) is 2.28. The van der Waals surface area contributed by atoms with Gasteiger partial charge >= 0.3 is 0 Å². The first kappa shape index (κ1) is 14.4. The minimum absolute atomic E-state index is 0.723. The molecule has 3 aromatic rings. The van der Waals surface area contributed by atoms with Crippen molar-refractivity contribution in [3.63, 3.8) is 0 Å². The third-order valence-electron chi connectivity index (χ3n) is 3.46. The van der Waals surface area contributed by atoms with Crippen molar-refractivity contribution in [1.29, 1.82) is 0 Å². The Morgan fingerprint density at radius 2 is 2.00 bits per heavy atom. The number of aromatic nitrogens is 1. The Bertz CT molecular complexity index is 797. The average molecular weight is 362 g/mol. The zero-order valence-electron chi connectivity index (χ0n) is 11.5. The maximum atomic E-state index is 6.19. The maximum absolute atomic E-state index is 6.19. The number of hydrogen-bond donors (Lipinski definition) is 1. The number of aryl methyl sites for hydroxylation is 1. The predicted octanol–water partition coefficient (Wildman–Crippen LogP) is 5.57. The van der Waals surface area contributed by atoms with E-state index >= 15 is 0 Å². The summed E-state index contributed by atoms with van der Waals surface area (Å²) in [4.78, 5) is 4.38. The van der Waals surface area contributed by atoms with Crippen LogP contribution in [0.2, 0.25) is 5.02 Å². The molecule has 106 valence electrons. The molecule has 0 atom stereocenters. The highest BCUT2D eigenvalue weighted by atomic mass is 79.9. The van der Waals surface area contributed by atoms with Gasteiger partial charge in [0.1, 0.15) is 0 Å². The molecule has 0 aliphatic rings. The van der Waals surface area contributed by atoms with E-state index in [0.29, 0.717) is 0 Å². The van der Waals surface area contributed by atoms with Gasteiger partial charge in [0, 0.05) is 27.6 Å². The predicted molar refractivity (Wildman–Crippen MR) is 93.0 cm³/mol. The molecular formula is C17H14BrClN2. The number of nitrogens with one attached hydrogen (secondary N) is 1. The van der Waals surface area contributed by atoms with Crippen LogP contribution in [0, 0.1) is 6.92 Å². The molecule has 1 aromatic heterocycles. The van der Waals surface area contributed by atoms with Crippen LogP contribution in [0.1, 0.15) is 11.1 Å². The van der Waals surface area contributed by atoms with E-state index in [1.54, 1.807) is 0 Å². The summed E-state index contributed by atoms with van der Waals surface area (Å²) < 4.78 is 1.02. The van der Waals surface area contributed by atoms with Gasteiger partial charge in [0.05, 0.1) is 11.2 Å². The van der Waals surface area contributed by atoms with Crippen LogP contribution < -0.4 is 5.32 Å². The van der Waals surface area contributed by atoms with Gasteiger partial charge in [-0.15, -0.1) is 0 Å². The number of rotatable bonds is 3. The van der Waals surface area contributed by atoms with E-state index in [0.717, 1.165) is 32.8 Å². The zero-order chi connectivity index (χ0) is 14.8. The molecule has 0 bridgehead atoms. The molecule has 0 aliphatic carbocycles. The molecule has 1 heterocycles. The molecule has 0 saturated heterocycles. The lowest BCUT2D eigenvalue weighted by Crippen LogP contribution is -2.01. The average Bonchev–Trinajstić information content (AvgIpc) is 2.49. The summed E-state index contributed by atoms with van der Waals surface area (Å²) in [5.74, 6) is 0. The van der Waals surface area contributed by atoms with Gasteiger partial charge in [-0.05, 0) is 58.2 Å². The van der Waals surface area contributed by atoms with Crippen LogP contribution in [0.15, 0.2) is 53.1 Å². The largest absolute Gasteiger partial charge is 0.380 e. The quantitative estimate of drug-likeness (QED) is 0.659. The second kappa shape index (κ2) is 6.04. The normalized spacial score (nSPS) is 10.8. The van der Waals surface area contributed by atoms with Gasteiger partial charge in [-0.2, -0.15) is 0 Å². The molecule has 1 N–H and O–H groups in total. The van der Waals surface area contributed by atoms with Crippen LogP contribution >= 0.6 is 27.5 Å². The van der Waals surface area contributed by atoms with Crippen LogP contribution in [0.3, 0.4) is 0 Å². The van der Waals surface area contributed by atoms with Crippen molar-refractivity contribution in [2.75, 3.05) is 5.32 Å². The van der Waals surface area contributed by atoms with E-state index in [2.05, 4.69) is 32.3 Å². The van der Waals surface area contributed by atoms with Crippen molar-refractivity contribution in [3.8, 4) is 0 Å². The Morgan fingerprint density at radius 1 is 1.19 bits per heavy atom. The number of hydrogen-bond acceptors (Lipinski definition) is 2. The molecule has 0 saturated carbocycles. The number of anilines is 1. The Morgan fingerprint density at radius 3 is 2.86 bits per heavy atom. The monoisotopic (exact) mass is 360 g/mol. The molecule has 2 nitrogen and oxygen atoms in total. The minimum atomic E-state index is 0.723. The first-order valence-electron chi connectivity index (χ1n) is 6.67. The summed E-state index contributed by atoms with van der Waals surface area (Å²) in [6.07, 6.45) is 1.84. The molecule has 4 heteroatoms. The SMILES string of the molecule is Cc1cc(Br)c(NCc2ccnc3ccccc23)cc1Cl. The van der Waals surface area contributed by atoms with Crippen molar-refractivity contribution in [2.24, 2.45) is 0 Å². The van der Waals surface area contributed by atoms with Crippen LogP contribution in [-0.2, 0) is 6.54 Å². The highest BCUT2D eigenvalue weighted by molar-refractivity contribution is 9.10. The van der Waals surface area contributed by atoms with Crippen molar-refractivity contribution in [3.05, 3.63) is 69.3 Å². The Hall–Kier alpha value is -1.58. The van der Waals surface area contributed by atoms with Crippen molar-refractivity contribution < 1.29 is 0 Å². The number of nitrogens with zero attached hydrogens (tertiary/aromatic N) is 1. The number of halogens is 2. The fourth-order valence-corrected chi connectivity index (χ4v) is 3.04. The van der Waals surface area contributed by atoms with E-state index in [9.17, 15) is 0 Å². The standard InChI is InChI=1S/C17H14BrClN2/c1-11-8-14(18)17(9-15(11)19)21-10-12-6-7-20-16-5-3-2-4-13(12)16/h2-9,21H,10H2,1H3. The summed E-state index contributed by atoms with van der Waals surface area (Å²) in [6.45, 7) is 2.72. The van der Waals surface area contributed by atoms with Crippen LogP contribution in [0.5, 0.6) is 0 Å². The molecule has 2 aromatic carbocycles. The van der Waals surface area contributed by atoms with Gasteiger partial charge in [0.15, 0.2) is 0 Å². The van der Waals surface area contributed by atoms with Gasteiger partial charge < -0.3 is 5.32 Å². The highest BCUT2D eigenvalue weighted by Crippen LogP contribution is 2.30. The van der Waals surface area contributed by atoms with E-state index in [1.807, 2.05) is 49.5 Å². The highest BCUT2D eigenvalue weighted by Gasteiger charge is 2.06. The molecule has 0 amide bonds. The molecule has 3 rings (SSSR count). The second-order valence-electron chi connectivity index (χ2n) is 4.92. The molecule has 0 radical (unpaired) electrons. The van der Waals surface area contributed by atoms with Gasteiger partial charge in [-0.1, -0.05) is 29.8 Å². The number of para-hydroxylation sites is 1. The Balaban J connectivity index is 1.89. The lowest BCUT2D eigenvalue weighted by Gasteiger charge is -2.12. The van der Waals surface area contributed by atoms with Crippen molar-refractivity contribution in [1.82, 2.24) is 4.98 Å². The first-order valence-corrected chi connectivity index (χ1v) is 7.84. The first-order chi connectivity index (χ1) is 10.1. The summed E-state index contributed by atoms with van der Waals surface area (Å²) in [5, 5.41) is 5.36. The molecule has 21 heavy (non-hydrogen) atoms. The minimum Gasteiger partial charge on any atom is -0.380 e. The fraction of sp³-hybridized carbons (Fsp3) is 0.118. The summed E-state index contributed by atoms with van der Waals surface area (Å²) >= 11 is 9.76. The zero-order valence-corrected chi connectivity index (χ0v) is 13.9. The van der Waals surface area contributed by atoms with Gasteiger partial charge in [-0.3, -0.25) is 4.98 Å². The molecule has 0 unspecified atom stereocenters. The number of fused-ring (bicyclic) bond motifs is 1. The Kier molecular flexibility index (Phi) is 4.13. The van der Waals surface area contributed by atoms with Crippen LogP contribution in [0.25, 0.3) is 10.9 Å². The summed E-state index contributed by atoms with van der Waals surface area (Å²) in [5.41, 5.74) is 4.27. The molecule has 0 fully saturated rings. The molecular weight excluding hydrogens is 348 g/mol. The number of pyridine rings is 1. The van der Waals surface area contributed by atoms with Crippen LogP contribution in [-0.4, -0.2) is 4.98 Å². The van der Waals surface area contributed by atoms with Crippen molar-refractivity contribution >= 4 is 44.1 Å². The summed E-state index contributed by atoms with van der Waals surface area (Å²) in [6, 6.07) is 14.2. The third kappa shape index (κ3) is 3.04. The van der Waals surface area contributed by atoms with E-state index in [1.165, 1.54) is 10.9 Å². The topological polar surface area (TPSA) is 24.9 Å². The second-order valence-corrected chi connectivity index (χ2v) is 6.18. The van der Waals surface area contributed by atoms with E-state index in [4.69, 9.17) is 11.6 Å². The lowest BCUT2D eigenvalue weighted by molar-refractivity contribution is 1.15. The smallest absolute Gasteiger partial charge is 0.0705 e. The van der Waals surface area contributed by atoms with Crippen molar-refractivity contribution in [2.45, 2.75) is 13.5 Å². The number of benzene rings is 2. The van der Waals surface area contributed by atoms with Gasteiger partial charge in [-0.25, -0.2) is 0 Å². The van der Waals surface area contributed by atoms with Crippen LogP contribution in [0.4, 0.5) is 5.69 Å². The maximum Gasteiger partial charge on any atom is 0.0705 e. The third-order valence-corrected chi connectivity index (χ3v) is 4.52. The van der Waals surface area contributed by atoms with E-state index < -0.39 is 0 Å². The molecule has 0 spiro atoms. The molecule has 0 aliphatic heterocycles. The Labute approximate surface area is 137 Å². The summed E-state index contributed by atoms with van der Waals surface area (Å²) in [7, 11) is 0. The van der Waals surface area contributed by atoms with Gasteiger partial charge in [0.2, 0.25) is 0 Å². The lowest BCUT2D eigenvalue weighted by atomic mass is 10.1. The van der Waals surface area contributed by atoms with Gasteiger partial charge in [0.25, 0.3) is 0 Å².